The Morgan fingerprint density at radius 2 is 1.32 bits per heavy atom. The van der Waals surface area contributed by atoms with E-state index in [4.69, 9.17) is 4.43 Å². The fourth-order valence-corrected chi connectivity index (χ4v) is 3.06. The van der Waals surface area contributed by atoms with Crippen molar-refractivity contribution in [3.63, 3.8) is 0 Å². The minimum Gasteiger partial charge on any atom is -0.417 e. The maximum atomic E-state index is 5.92. The number of rotatable bonds is 12. The zero-order valence-electron chi connectivity index (χ0n) is 14.4. The summed E-state index contributed by atoms with van der Waals surface area (Å²) in [6.07, 6.45) is 9.59. The van der Waals surface area contributed by atoms with Crippen LogP contribution in [-0.4, -0.2) is 46.6 Å². The molecule has 0 bridgehead atoms. The van der Waals surface area contributed by atoms with Gasteiger partial charge in [-0.25, -0.2) is 0 Å². The second-order valence-corrected chi connectivity index (χ2v) is 12.0. The molecule has 0 saturated heterocycles. The third-order valence-corrected chi connectivity index (χ3v) is 4.63. The Hall–Kier alpha value is 0.137. The van der Waals surface area contributed by atoms with Crippen LogP contribution in [0, 0.1) is 0 Å². The minimum absolute atomic E-state index is 0.952. The number of hydrogen-bond acceptors (Lipinski definition) is 1. The van der Waals surface area contributed by atoms with Crippen molar-refractivity contribution in [2.45, 2.75) is 71.5 Å². The van der Waals surface area contributed by atoms with E-state index in [1.807, 2.05) is 0 Å². The molecule has 0 atom stereocenters. The lowest BCUT2D eigenvalue weighted by atomic mass is 10.1. The lowest BCUT2D eigenvalue weighted by molar-refractivity contribution is -0.890. The standard InChI is InChI=1S/C16H38NOSi/c1-7-8-9-10-11-12-14-17(2,3)15-13-16-18-19(4,5)6/h7-16H2,1-6H3/q+1. The summed E-state index contributed by atoms with van der Waals surface area (Å²) in [5.41, 5.74) is 0. The molecule has 2 nitrogen and oxygen atoms in total. The Kier molecular flexibility index (Phi) is 10.0. The Morgan fingerprint density at radius 3 is 1.89 bits per heavy atom. The fourth-order valence-electron chi connectivity index (χ4n) is 2.30. The average Bonchev–Trinajstić information content (AvgIpc) is 2.28. The SMILES string of the molecule is CCCCCCCC[N+](C)(C)CCCO[Si](C)(C)C. The second kappa shape index (κ2) is 9.95. The van der Waals surface area contributed by atoms with Gasteiger partial charge in [-0.05, 0) is 32.5 Å². The van der Waals surface area contributed by atoms with Crippen LogP contribution in [0.25, 0.3) is 0 Å². The van der Waals surface area contributed by atoms with Gasteiger partial charge in [0.25, 0.3) is 0 Å². The van der Waals surface area contributed by atoms with Crippen LogP contribution in [0.5, 0.6) is 0 Å². The first-order chi connectivity index (χ1) is 8.77. The van der Waals surface area contributed by atoms with E-state index < -0.39 is 8.32 Å². The third-order valence-electron chi connectivity index (χ3n) is 3.56. The van der Waals surface area contributed by atoms with Crippen molar-refractivity contribution in [2.75, 3.05) is 33.8 Å². The molecule has 0 aromatic heterocycles. The van der Waals surface area contributed by atoms with Crippen molar-refractivity contribution in [3.8, 4) is 0 Å². The van der Waals surface area contributed by atoms with Gasteiger partial charge in [0.05, 0.1) is 27.2 Å². The van der Waals surface area contributed by atoms with Crippen molar-refractivity contribution < 1.29 is 8.91 Å². The molecular weight excluding hydrogens is 250 g/mol. The molecular formula is C16H38NOSi+. The molecule has 116 valence electrons. The summed E-state index contributed by atoms with van der Waals surface area (Å²) in [5, 5.41) is 0. The minimum atomic E-state index is -1.30. The Labute approximate surface area is 123 Å². The van der Waals surface area contributed by atoms with Gasteiger partial charge in [0, 0.05) is 13.0 Å². The molecule has 0 saturated carbocycles. The predicted molar refractivity (Wildman–Crippen MR) is 89.1 cm³/mol. The van der Waals surface area contributed by atoms with Crippen molar-refractivity contribution in [3.05, 3.63) is 0 Å². The Morgan fingerprint density at radius 1 is 0.789 bits per heavy atom. The van der Waals surface area contributed by atoms with Gasteiger partial charge in [0.1, 0.15) is 0 Å². The van der Waals surface area contributed by atoms with Gasteiger partial charge in [-0.15, -0.1) is 0 Å². The highest BCUT2D eigenvalue weighted by molar-refractivity contribution is 6.69. The lowest BCUT2D eigenvalue weighted by Gasteiger charge is -2.30. The monoisotopic (exact) mass is 288 g/mol. The largest absolute Gasteiger partial charge is 0.417 e. The van der Waals surface area contributed by atoms with E-state index in [-0.39, 0.29) is 0 Å². The Bertz CT molecular complexity index is 211. The molecule has 0 fully saturated rings. The number of nitrogens with zero attached hydrogens (tertiary/aromatic N) is 1. The molecule has 0 aromatic rings. The highest BCUT2D eigenvalue weighted by Gasteiger charge is 2.17. The van der Waals surface area contributed by atoms with Crippen LogP contribution in [0.1, 0.15) is 51.9 Å². The molecule has 0 heterocycles. The normalized spacial score (nSPS) is 12.9. The molecule has 0 rings (SSSR count). The van der Waals surface area contributed by atoms with Crippen LogP contribution in [0.2, 0.25) is 19.6 Å². The molecule has 0 aliphatic carbocycles. The summed E-state index contributed by atoms with van der Waals surface area (Å²) in [5.74, 6) is 0. The van der Waals surface area contributed by atoms with Gasteiger partial charge in [-0.1, -0.05) is 32.6 Å². The zero-order chi connectivity index (χ0) is 14.8. The van der Waals surface area contributed by atoms with Crippen LogP contribution in [0.15, 0.2) is 0 Å². The van der Waals surface area contributed by atoms with Gasteiger partial charge >= 0.3 is 0 Å². The van der Waals surface area contributed by atoms with Gasteiger partial charge in [-0.3, -0.25) is 0 Å². The van der Waals surface area contributed by atoms with Crippen molar-refractivity contribution in [1.82, 2.24) is 0 Å². The molecule has 0 aliphatic rings. The summed E-state index contributed by atoms with van der Waals surface area (Å²) in [7, 11) is 3.42. The maximum absolute atomic E-state index is 5.92. The second-order valence-electron chi connectivity index (χ2n) is 7.47. The highest BCUT2D eigenvalue weighted by Crippen LogP contribution is 2.09. The highest BCUT2D eigenvalue weighted by atomic mass is 28.4. The van der Waals surface area contributed by atoms with Gasteiger partial charge in [-0.2, -0.15) is 0 Å². The van der Waals surface area contributed by atoms with Crippen LogP contribution in [0.3, 0.4) is 0 Å². The first kappa shape index (κ1) is 19.1. The van der Waals surface area contributed by atoms with Crippen LogP contribution in [0.4, 0.5) is 0 Å². The topological polar surface area (TPSA) is 9.23 Å². The van der Waals surface area contributed by atoms with E-state index in [0.717, 1.165) is 11.1 Å². The number of unbranched alkanes of at least 4 members (excludes halogenated alkanes) is 5. The lowest BCUT2D eigenvalue weighted by Crippen LogP contribution is -2.42. The first-order valence-corrected chi connectivity index (χ1v) is 11.6. The van der Waals surface area contributed by atoms with E-state index in [2.05, 4.69) is 40.7 Å². The molecule has 0 N–H and O–H groups in total. The zero-order valence-corrected chi connectivity index (χ0v) is 15.4. The van der Waals surface area contributed by atoms with E-state index in [1.165, 1.54) is 58.0 Å². The third kappa shape index (κ3) is 14.4. The van der Waals surface area contributed by atoms with E-state index in [1.54, 1.807) is 0 Å². The number of hydrogen-bond donors (Lipinski definition) is 0. The fraction of sp³-hybridized carbons (Fsp3) is 1.00. The van der Waals surface area contributed by atoms with Gasteiger partial charge in [0.2, 0.25) is 0 Å². The van der Waals surface area contributed by atoms with Crippen molar-refractivity contribution >= 4 is 8.32 Å². The maximum Gasteiger partial charge on any atom is 0.183 e. The molecule has 0 radical (unpaired) electrons. The molecule has 0 aromatic carbocycles. The average molecular weight is 289 g/mol. The summed E-state index contributed by atoms with van der Waals surface area (Å²) < 4.78 is 7.08. The Balaban J connectivity index is 3.52. The molecule has 19 heavy (non-hydrogen) atoms. The predicted octanol–water partition coefficient (Wildman–Crippen LogP) is 4.66. The molecule has 0 aliphatic heterocycles. The van der Waals surface area contributed by atoms with Gasteiger partial charge in [0.15, 0.2) is 8.32 Å². The molecule has 3 heteroatoms. The van der Waals surface area contributed by atoms with Crippen molar-refractivity contribution in [1.29, 1.82) is 0 Å². The molecule has 0 amide bonds. The summed E-state index contributed by atoms with van der Waals surface area (Å²) in [4.78, 5) is 0. The first-order valence-electron chi connectivity index (χ1n) is 8.23. The quantitative estimate of drug-likeness (QED) is 0.288. The van der Waals surface area contributed by atoms with E-state index in [9.17, 15) is 0 Å². The molecule has 0 spiro atoms. The van der Waals surface area contributed by atoms with Gasteiger partial charge < -0.3 is 8.91 Å². The van der Waals surface area contributed by atoms with Crippen LogP contribution in [-0.2, 0) is 4.43 Å². The number of quaternary nitrogens is 1. The van der Waals surface area contributed by atoms with Crippen LogP contribution < -0.4 is 0 Å². The summed E-state index contributed by atoms with van der Waals surface area (Å²) in [6, 6.07) is 0. The summed E-state index contributed by atoms with van der Waals surface area (Å²) in [6.45, 7) is 12.6. The van der Waals surface area contributed by atoms with E-state index in [0.29, 0.717) is 0 Å². The van der Waals surface area contributed by atoms with Crippen molar-refractivity contribution in [2.24, 2.45) is 0 Å². The summed E-state index contributed by atoms with van der Waals surface area (Å²) >= 11 is 0. The smallest absolute Gasteiger partial charge is 0.183 e. The van der Waals surface area contributed by atoms with Crippen LogP contribution >= 0.6 is 0 Å². The molecule has 0 unspecified atom stereocenters. The van der Waals surface area contributed by atoms with E-state index >= 15 is 0 Å².